The lowest BCUT2D eigenvalue weighted by atomic mass is 10.1. The molecule has 1 heterocycles. The molecule has 0 aliphatic heterocycles. The zero-order chi connectivity index (χ0) is 28.9. The maximum Gasteiger partial charge on any atom is 0.573 e. The summed E-state index contributed by atoms with van der Waals surface area (Å²) in [6.45, 7) is 5.26. The van der Waals surface area contributed by atoms with Gasteiger partial charge in [-0.3, -0.25) is 0 Å². The fourth-order valence-corrected chi connectivity index (χ4v) is 4.77. The number of ether oxygens (including phenoxy) is 4. The molecule has 0 bridgehead atoms. The van der Waals surface area contributed by atoms with Gasteiger partial charge in [0.2, 0.25) is 0 Å². The summed E-state index contributed by atoms with van der Waals surface area (Å²) >= 11 is 1.29. The molecule has 7 nitrogen and oxygen atoms in total. The molecule has 1 N–H and O–H groups in total. The van der Waals surface area contributed by atoms with Gasteiger partial charge in [0, 0.05) is 5.56 Å². The van der Waals surface area contributed by atoms with E-state index >= 15 is 0 Å². The van der Waals surface area contributed by atoms with Gasteiger partial charge in [-0.15, -0.1) is 24.5 Å². The lowest BCUT2D eigenvalue weighted by Gasteiger charge is -2.11. The smallest absolute Gasteiger partial charge is 0.491 e. The lowest BCUT2D eigenvalue weighted by molar-refractivity contribution is -0.274. The number of rotatable bonds is 11. The molecule has 0 fully saturated rings. The van der Waals surface area contributed by atoms with Crippen LogP contribution in [0.25, 0.3) is 21.7 Å². The number of carboxylic acid groups (broad SMARTS) is 1. The van der Waals surface area contributed by atoms with Crippen LogP contribution in [0.2, 0.25) is 0 Å². The number of hydrogen-bond acceptors (Lipinski definition) is 7. The fourth-order valence-electron chi connectivity index (χ4n) is 3.77. The second kappa shape index (κ2) is 12.3. The number of nitrogens with zero attached hydrogens (tertiary/aromatic N) is 1. The van der Waals surface area contributed by atoms with Gasteiger partial charge in [0.1, 0.15) is 34.6 Å². The highest BCUT2D eigenvalue weighted by Gasteiger charge is 2.31. The SMILES string of the molecule is Cc1cc(OCc2nc(-c3ccc(OC(C)C)cc3)c(-c3cccc(OC(F)(F)F)c3)s2)ccc1OCC(=O)O. The number of benzene rings is 3. The van der Waals surface area contributed by atoms with Gasteiger partial charge < -0.3 is 24.1 Å². The van der Waals surface area contributed by atoms with Crippen LogP contribution in [0.15, 0.2) is 66.7 Å². The number of carboxylic acids is 1. The summed E-state index contributed by atoms with van der Waals surface area (Å²) in [4.78, 5) is 16.2. The molecule has 1 aromatic heterocycles. The number of aryl methyl sites for hydroxylation is 1. The Hall–Kier alpha value is -4.25. The first-order valence-electron chi connectivity index (χ1n) is 12.2. The van der Waals surface area contributed by atoms with Crippen molar-refractivity contribution in [3.63, 3.8) is 0 Å². The third-order valence-electron chi connectivity index (χ3n) is 5.36. The Morgan fingerprint density at radius 2 is 1.68 bits per heavy atom. The van der Waals surface area contributed by atoms with Crippen LogP contribution in [0.1, 0.15) is 24.4 Å². The highest BCUT2D eigenvalue weighted by Crippen LogP contribution is 2.39. The van der Waals surface area contributed by atoms with Gasteiger partial charge >= 0.3 is 12.3 Å². The summed E-state index contributed by atoms with van der Waals surface area (Å²) in [5, 5.41) is 9.41. The van der Waals surface area contributed by atoms with Gasteiger partial charge in [0.05, 0.1) is 16.7 Å². The van der Waals surface area contributed by atoms with E-state index in [0.29, 0.717) is 44.0 Å². The first-order chi connectivity index (χ1) is 19.0. The van der Waals surface area contributed by atoms with Crippen LogP contribution >= 0.6 is 11.3 Å². The minimum absolute atomic E-state index is 0.00208. The van der Waals surface area contributed by atoms with Gasteiger partial charge in [-0.2, -0.15) is 0 Å². The molecule has 0 amide bonds. The van der Waals surface area contributed by atoms with Gasteiger partial charge in [0.15, 0.2) is 6.61 Å². The van der Waals surface area contributed by atoms with Crippen molar-refractivity contribution in [2.75, 3.05) is 6.61 Å². The van der Waals surface area contributed by atoms with E-state index in [1.807, 2.05) is 38.1 Å². The minimum Gasteiger partial charge on any atom is -0.491 e. The monoisotopic (exact) mass is 573 g/mol. The molecule has 0 aliphatic carbocycles. The van der Waals surface area contributed by atoms with E-state index in [2.05, 4.69) is 4.74 Å². The van der Waals surface area contributed by atoms with E-state index in [9.17, 15) is 18.0 Å². The summed E-state index contributed by atoms with van der Waals surface area (Å²) in [7, 11) is 0. The molecule has 0 saturated heterocycles. The number of halogens is 3. The summed E-state index contributed by atoms with van der Waals surface area (Å²) in [5.74, 6) is 0.232. The average Bonchev–Trinajstić information content (AvgIpc) is 3.30. The summed E-state index contributed by atoms with van der Waals surface area (Å²) in [6, 6.07) is 18.1. The molecule has 0 spiro atoms. The molecule has 40 heavy (non-hydrogen) atoms. The highest BCUT2D eigenvalue weighted by molar-refractivity contribution is 7.15. The fraction of sp³-hybridized carbons (Fsp3) is 0.241. The second-order valence-corrected chi connectivity index (χ2v) is 10.0. The minimum atomic E-state index is -4.81. The molecule has 3 aromatic carbocycles. The first-order valence-corrected chi connectivity index (χ1v) is 13.0. The third-order valence-corrected chi connectivity index (χ3v) is 6.44. The van der Waals surface area contributed by atoms with Crippen LogP contribution in [-0.2, 0) is 11.4 Å². The molecule has 0 aliphatic rings. The molecule has 11 heteroatoms. The molecular formula is C29H26F3NO6S. The van der Waals surface area contributed by atoms with E-state index in [0.717, 1.165) is 5.56 Å². The van der Waals surface area contributed by atoms with Crippen molar-refractivity contribution >= 4 is 17.3 Å². The standard InChI is InChI=1S/C29H26F3NO6S/c1-17(2)38-21-9-7-19(8-10-21)27-28(20-5-4-6-23(14-20)39-29(30,31)32)40-25(33-27)15-36-22-11-12-24(18(3)13-22)37-16-26(34)35/h4-14,17H,15-16H2,1-3H3,(H,34,35). The molecule has 0 saturated carbocycles. The van der Waals surface area contributed by atoms with Crippen LogP contribution in [0.4, 0.5) is 13.2 Å². The summed E-state index contributed by atoms with van der Waals surface area (Å²) in [6.07, 6.45) is -4.81. The van der Waals surface area contributed by atoms with E-state index in [1.165, 1.54) is 29.5 Å². The Morgan fingerprint density at radius 3 is 2.33 bits per heavy atom. The number of aliphatic carboxylic acids is 1. The van der Waals surface area contributed by atoms with Crippen molar-refractivity contribution in [1.82, 2.24) is 4.98 Å². The Kier molecular flexibility index (Phi) is 8.83. The van der Waals surface area contributed by atoms with Gasteiger partial charge in [-0.1, -0.05) is 12.1 Å². The van der Waals surface area contributed by atoms with Gasteiger partial charge in [-0.25, -0.2) is 9.78 Å². The Labute approximate surface area is 232 Å². The van der Waals surface area contributed by atoms with E-state index < -0.39 is 18.9 Å². The molecule has 0 unspecified atom stereocenters. The zero-order valence-electron chi connectivity index (χ0n) is 21.8. The third kappa shape index (κ3) is 7.89. The molecule has 4 aromatic rings. The second-order valence-electron chi connectivity index (χ2n) is 8.95. The Bertz CT molecular complexity index is 1470. The Balaban J connectivity index is 1.62. The maximum atomic E-state index is 12.9. The Morgan fingerprint density at radius 1 is 0.950 bits per heavy atom. The van der Waals surface area contributed by atoms with Gasteiger partial charge in [-0.05, 0) is 86.5 Å². The van der Waals surface area contributed by atoms with Crippen molar-refractivity contribution in [2.45, 2.75) is 39.8 Å². The van der Waals surface area contributed by atoms with Gasteiger partial charge in [0.25, 0.3) is 0 Å². The van der Waals surface area contributed by atoms with E-state index in [-0.39, 0.29) is 18.5 Å². The quantitative estimate of drug-likeness (QED) is 0.199. The van der Waals surface area contributed by atoms with Crippen molar-refractivity contribution in [3.8, 4) is 44.7 Å². The van der Waals surface area contributed by atoms with Crippen LogP contribution in [0.5, 0.6) is 23.0 Å². The van der Waals surface area contributed by atoms with Crippen molar-refractivity contribution < 1.29 is 42.0 Å². The number of aromatic nitrogens is 1. The van der Waals surface area contributed by atoms with E-state index in [4.69, 9.17) is 24.3 Å². The van der Waals surface area contributed by atoms with Crippen LogP contribution in [-0.4, -0.2) is 35.1 Å². The summed E-state index contributed by atoms with van der Waals surface area (Å²) < 4.78 is 59.6. The predicted molar refractivity (Wildman–Crippen MR) is 144 cm³/mol. The lowest BCUT2D eigenvalue weighted by Crippen LogP contribution is -2.17. The normalized spacial score (nSPS) is 11.4. The molecule has 210 valence electrons. The van der Waals surface area contributed by atoms with Crippen molar-refractivity contribution in [1.29, 1.82) is 0 Å². The predicted octanol–water partition coefficient (Wildman–Crippen LogP) is 7.51. The maximum absolute atomic E-state index is 12.9. The van der Waals surface area contributed by atoms with Crippen LogP contribution in [0.3, 0.4) is 0 Å². The molecule has 0 atom stereocenters. The molecular weight excluding hydrogens is 547 g/mol. The summed E-state index contributed by atoms with van der Waals surface area (Å²) in [5.41, 5.74) is 2.55. The van der Waals surface area contributed by atoms with Crippen LogP contribution < -0.4 is 18.9 Å². The topological polar surface area (TPSA) is 87.1 Å². The number of hydrogen-bond donors (Lipinski definition) is 1. The average molecular weight is 574 g/mol. The van der Waals surface area contributed by atoms with E-state index in [1.54, 1.807) is 31.2 Å². The largest absolute Gasteiger partial charge is 0.573 e. The molecule has 4 rings (SSSR count). The van der Waals surface area contributed by atoms with Crippen molar-refractivity contribution in [2.24, 2.45) is 0 Å². The first kappa shape index (κ1) is 28.8. The highest BCUT2D eigenvalue weighted by atomic mass is 32.1. The number of carbonyl (C=O) groups is 1. The van der Waals surface area contributed by atoms with Crippen molar-refractivity contribution in [3.05, 3.63) is 77.3 Å². The number of alkyl halides is 3. The molecule has 0 radical (unpaired) electrons. The zero-order valence-corrected chi connectivity index (χ0v) is 22.6. The van der Waals surface area contributed by atoms with Crippen LogP contribution in [0, 0.1) is 6.92 Å². The number of thiazole rings is 1.